The molecule has 1 aromatic carbocycles. The van der Waals surface area contributed by atoms with Crippen LogP contribution in [0.5, 0.6) is 0 Å². The van der Waals surface area contributed by atoms with Gasteiger partial charge in [-0.2, -0.15) is 0 Å². The number of halogens is 3. The van der Waals surface area contributed by atoms with E-state index in [9.17, 15) is 13.6 Å². The molecule has 3 rings (SSSR count). The fraction of sp³-hybridized carbons (Fsp3) is 0.158. The summed E-state index contributed by atoms with van der Waals surface area (Å²) in [4.78, 5) is 26.7. The van der Waals surface area contributed by atoms with Gasteiger partial charge in [0, 0.05) is 15.5 Å². The quantitative estimate of drug-likeness (QED) is 0.311. The molecule has 0 aliphatic heterocycles. The molecule has 0 aliphatic rings. The summed E-state index contributed by atoms with van der Waals surface area (Å²) in [6.07, 6.45) is 1.66. The van der Waals surface area contributed by atoms with Crippen molar-refractivity contribution in [3.8, 4) is 10.4 Å². The van der Waals surface area contributed by atoms with Gasteiger partial charge in [-0.1, -0.05) is 17.7 Å². The Morgan fingerprint density at radius 1 is 1.18 bits per heavy atom. The monoisotopic (exact) mass is 424 g/mol. The van der Waals surface area contributed by atoms with Gasteiger partial charge < -0.3 is 5.32 Å². The van der Waals surface area contributed by atoms with Crippen LogP contribution in [0.1, 0.15) is 22.2 Å². The van der Waals surface area contributed by atoms with Gasteiger partial charge in [0.15, 0.2) is 11.6 Å². The van der Waals surface area contributed by atoms with E-state index in [4.69, 9.17) is 21.4 Å². The van der Waals surface area contributed by atoms with E-state index in [1.807, 2.05) is 13.0 Å². The van der Waals surface area contributed by atoms with Crippen molar-refractivity contribution in [1.82, 2.24) is 4.98 Å². The average Bonchev–Trinajstić information content (AvgIpc) is 3.16. The number of carbonyl (C=O) groups is 1. The lowest BCUT2D eigenvalue weighted by Crippen LogP contribution is -2.13. The molecule has 9 heteroatoms. The second-order valence-electron chi connectivity index (χ2n) is 5.58. The first kappa shape index (κ1) is 20.3. The number of rotatable bonds is 7. The third-order valence-electron chi connectivity index (χ3n) is 3.64. The average molecular weight is 425 g/mol. The standard InChI is InChI=1S/C19H15ClF2N2O3S/c1-2-26-27-10-11-3-4-13(20)12(7-11)16-5-6-17(28-16)19(25)24-18-14(21)8-23-9-15(18)22/h3-9H,2,10H2,1H3,(H,23,24,25). The lowest BCUT2D eigenvalue weighted by atomic mass is 10.1. The first-order valence-electron chi connectivity index (χ1n) is 8.23. The van der Waals surface area contributed by atoms with E-state index in [2.05, 4.69) is 10.3 Å². The number of hydrogen-bond acceptors (Lipinski definition) is 5. The topological polar surface area (TPSA) is 60.5 Å². The van der Waals surface area contributed by atoms with Crippen molar-refractivity contribution in [2.45, 2.75) is 13.5 Å². The Kier molecular flexibility index (Phi) is 6.69. The molecule has 28 heavy (non-hydrogen) atoms. The smallest absolute Gasteiger partial charge is 0.265 e. The van der Waals surface area contributed by atoms with Gasteiger partial charge in [0.25, 0.3) is 5.91 Å². The molecule has 0 saturated heterocycles. The zero-order valence-electron chi connectivity index (χ0n) is 14.7. The largest absolute Gasteiger partial charge is 0.316 e. The summed E-state index contributed by atoms with van der Waals surface area (Å²) in [5.41, 5.74) is 1.01. The molecular formula is C19H15ClF2N2O3S. The number of nitrogens with zero attached hydrogens (tertiary/aromatic N) is 1. The van der Waals surface area contributed by atoms with Crippen molar-refractivity contribution in [3.63, 3.8) is 0 Å². The molecule has 1 amide bonds. The predicted octanol–water partition coefficient (Wildman–Crippen LogP) is 5.46. The Labute approximate surface area is 168 Å². The van der Waals surface area contributed by atoms with E-state index < -0.39 is 23.2 Å². The maximum absolute atomic E-state index is 13.7. The molecule has 0 atom stereocenters. The molecule has 1 N–H and O–H groups in total. The molecule has 0 aliphatic carbocycles. The highest BCUT2D eigenvalue weighted by Crippen LogP contribution is 2.34. The van der Waals surface area contributed by atoms with Crippen LogP contribution in [0, 0.1) is 11.6 Å². The first-order valence-corrected chi connectivity index (χ1v) is 9.42. The molecule has 0 spiro atoms. The number of nitrogens with one attached hydrogen (secondary N) is 1. The van der Waals surface area contributed by atoms with Gasteiger partial charge in [-0.25, -0.2) is 18.6 Å². The molecule has 0 unspecified atom stereocenters. The van der Waals surface area contributed by atoms with Crippen molar-refractivity contribution >= 4 is 34.5 Å². The lowest BCUT2D eigenvalue weighted by molar-refractivity contribution is -0.300. The van der Waals surface area contributed by atoms with Gasteiger partial charge in [0.2, 0.25) is 0 Å². The SMILES string of the molecule is CCOOCc1ccc(Cl)c(-c2ccc(C(=O)Nc3c(F)cncc3F)s2)c1. The molecule has 3 aromatic rings. The van der Waals surface area contributed by atoms with E-state index in [-0.39, 0.29) is 11.5 Å². The van der Waals surface area contributed by atoms with Crippen LogP contribution in [-0.4, -0.2) is 17.5 Å². The number of pyridine rings is 1. The zero-order chi connectivity index (χ0) is 20.1. The second kappa shape index (κ2) is 9.20. The highest BCUT2D eigenvalue weighted by Gasteiger charge is 2.17. The minimum Gasteiger partial charge on any atom is -0.316 e. The Morgan fingerprint density at radius 3 is 2.64 bits per heavy atom. The molecule has 0 radical (unpaired) electrons. The normalized spacial score (nSPS) is 10.9. The van der Waals surface area contributed by atoms with Crippen LogP contribution in [0.25, 0.3) is 10.4 Å². The van der Waals surface area contributed by atoms with Crippen molar-refractivity contribution in [1.29, 1.82) is 0 Å². The van der Waals surface area contributed by atoms with Crippen LogP contribution in [-0.2, 0) is 16.4 Å². The van der Waals surface area contributed by atoms with Crippen molar-refractivity contribution < 1.29 is 23.4 Å². The zero-order valence-corrected chi connectivity index (χ0v) is 16.2. The molecule has 2 heterocycles. The Bertz CT molecular complexity index is 977. The van der Waals surface area contributed by atoms with Gasteiger partial charge in [-0.05, 0) is 36.8 Å². The van der Waals surface area contributed by atoms with Gasteiger partial charge in [0.05, 0.1) is 23.9 Å². The number of anilines is 1. The van der Waals surface area contributed by atoms with Crippen LogP contribution < -0.4 is 5.32 Å². The Balaban J connectivity index is 1.80. The first-order chi connectivity index (χ1) is 13.5. The number of aromatic nitrogens is 1. The number of benzene rings is 1. The second-order valence-corrected chi connectivity index (χ2v) is 7.07. The van der Waals surface area contributed by atoms with Crippen molar-refractivity contribution in [3.05, 3.63) is 69.8 Å². The summed E-state index contributed by atoms with van der Waals surface area (Å²) >= 11 is 7.43. The minimum absolute atomic E-state index is 0.247. The minimum atomic E-state index is -0.949. The summed E-state index contributed by atoms with van der Waals surface area (Å²) in [6.45, 7) is 2.50. The molecule has 0 saturated carbocycles. The van der Waals surface area contributed by atoms with Crippen molar-refractivity contribution in [2.24, 2.45) is 0 Å². The van der Waals surface area contributed by atoms with Crippen LogP contribution in [0.2, 0.25) is 5.02 Å². The maximum atomic E-state index is 13.7. The molecule has 0 bridgehead atoms. The van der Waals surface area contributed by atoms with Crippen LogP contribution >= 0.6 is 22.9 Å². The van der Waals surface area contributed by atoms with E-state index in [0.717, 1.165) is 34.2 Å². The number of thiophene rings is 1. The summed E-state index contributed by atoms with van der Waals surface area (Å²) in [7, 11) is 0. The molecule has 5 nitrogen and oxygen atoms in total. The molecule has 2 aromatic heterocycles. The van der Waals surface area contributed by atoms with Crippen molar-refractivity contribution in [2.75, 3.05) is 11.9 Å². The Hall–Kier alpha value is -2.39. The highest BCUT2D eigenvalue weighted by molar-refractivity contribution is 7.17. The predicted molar refractivity (Wildman–Crippen MR) is 103 cm³/mol. The van der Waals surface area contributed by atoms with Gasteiger partial charge in [-0.15, -0.1) is 11.3 Å². The fourth-order valence-corrected chi connectivity index (χ4v) is 3.56. The summed E-state index contributed by atoms with van der Waals surface area (Å²) < 4.78 is 27.3. The molecular weight excluding hydrogens is 410 g/mol. The number of carbonyl (C=O) groups excluding carboxylic acids is 1. The number of amides is 1. The van der Waals surface area contributed by atoms with E-state index in [1.165, 1.54) is 0 Å². The van der Waals surface area contributed by atoms with E-state index in [0.29, 0.717) is 17.2 Å². The maximum Gasteiger partial charge on any atom is 0.265 e. The van der Waals surface area contributed by atoms with E-state index in [1.54, 1.807) is 24.3 Å². The highest BCUT2D eigenvalue weighted by atomic mass is 35.5. The molecule has 0 fully saturated rings. The number of hydrogen-bond donors (Lipinski definition) is 1. The summed E-state index contributed by atoms with van der Waals surface area (Å²) in [5, 5.41) is 2.73. The van der Waals surface area contributed by atoms with Gasteiger partial charge >= 0.3 is 0 Å². The van der Waals surface area contributed by atoms with Gasteiger partial charge in [0.1, 0.15) is 12.3 Å². The van der Waals surface area contributed by atoms with Gasteiger partial charge in [-0.3, -0.25) is 9.78 Å². The van der Waals surface area contributed by atoms with Crippen LogP contribution in [0.15, 0.2) is 42.7 Å². The third-order valence-corrected chi connectivity index (χ3v) is 5.09. The molecule has 146 valence electrons. The van der Waals surface area contributed by atoms with Crippen LogP contribution in [0.4, 0.5) is 14.5 Å². The fourth-order valence-electron chi connectivity index (χ4n) is 2.35. The lowest BCUT2D eigenvalue weighted by Gasteiger charge is -2.07. The summed E-state index contributed by atoms with van der Waals surface area (Å²) in [6, 6.07) is 8.64. The van der Waals surface area contributed by atoms with E-state index >= 15 is 0 Å². The Morgan fingerprint density at radius 2 is 1.93 bits per heavy atom. The van der Waals surface area contributed by atoms with Crippen LogP contribution in [0.3, 0.4) is 0 Å². The summed E-state index contributed by atoms with van der Waals surface area (Å²) in [5.74, 6) is -2.53. The third kappa shape index (κ3) is 4.71.